The highest BCUT2D eigenvalue weighted by atomic mass is 79.9. The fourth-order valence-corrected chi connectivity index (χ4v) is 4.11. The molecule has 0 aliphatic carbocycles. The van der Waals surface area contributed by atoms with Crippen molar-refractivity contribution < 1.29 is 4.79 Å². The van der Waals surface area contributed by atoms with Crippen LogP contribution in [0.25, 0.3) is 10.8 Å². The van der Waals surface area contributed by atoms with E-state index in [2.05, 4.69) is 37.6 Å². The van der Waals surface area contributed by atoms with E-state index < -0.39 is 0 Å². The lowest BCUT2D eigenvalue weighted by Gasteiger charge is -2.09. The van der Waals surface area contributed by atoms with Crippen molar-refractivity contribution in [3.8, 4) is 0 Å². The first-order valence-electron chi connectivity index (χ1n) is 10.1. The number of nitrogens with zero attached hydrogens (tertiary/aromatic N) is 3. The molecule has 0 atom stereocenters. The third-order valence-electron chi connectivity index (χ3n) is 5.46. The molecule has 0 aliphatic rings. The average Bonchev–Trinajstić information content (AvgIpc) is 3.44. The molecular weight excluding hydrogens is 450 g/mol. The first-order chi connectivity index (χ1) is 15.2. The molecule has 0 N–H and O–H groups in total. The summed E-state index contributed by atoms with van der Waals surface area (Å²) in [5, 5.41) is 2.06. The number of benzene rings is 3. The minimum atomic E-state index is 0.0407. The fourth-order valence-electron chi connectivity index (χ4n) is 3.85. The Bertz CT molecular complexity index is 1360. The topological polar surface area (TPSA) is 39.8 Å². The molecule has 5 heteroatoms. The van der Waals surface area contributed by atoms with Gasteiger partial charge in [0, 0.05) is 40.7 Å². The molecule has 152 valence electrons. The van der Waals surface area contributed by atoms with E-state index in [-0.39, 0.29) is 5.78 Å². The number of carbonyl (C=O) groups is 1. The van der Waals surface area contributed by atoms with Gasteiger partial charge in [0.15, 0.2) is 5.78 Å². The fraction of sp³-hybridized carbons (Fsp3) is 0.0769. The van der Waals surface area contributed by atoms with Gasteiger partial charge in [0.05, 0.1) is 18.6 Å². The maximum atomic E-state index is 13.2. The van der Waals surface area contributed by atoms with Crippen LogP contribution in [0.1, 0.15) is 27.2 Å². The highest BCUT2D eigenvalue weighted by Gasteiger charge is 2.14. The lowest BCUT2D eigenvalue weighted by atomic mass is 9.99. The van der Waals surface area contributed by atoms with Gasteiger partial charge < -0.3 is 9.13 Å². The van der Waals surface area contributed by atoms with Gasteiger partial charge in [-0.15, -0.1) is 0 Å². The van der Waals surface area contributed by atoms with Crippen LogP contribution < -0.4 is 0 Å². The van der Waals surface area contributed by atoms with Gasteiger partial charge in [-0.05, 0) is 34.5 Å². The molecule has 0 amide bonds. The van der Waals surface area contributed by atoms with Crippen molar-refractivity contribution in [3.63, 3.8) is 0 Å². The van der Waals surface area contributed by atoms with Crippen molar-refractivity contribution in [2.75, 3.05) is 0 Å². The van der Waals surface area contributed by atoms with E-state index in [0.717, 1.165) is 33.0 Å². The molecule has 0 bridgehead atoms. The van der Waals surface area contributed by atoms with Crippen molar-refractivity contribution in [2.45, 2.75) is 13.1 Å². The van der Waals surface area contributed by atoms with Gasteiger partial charge in [-0.2, -0.15) is 0 Å². The Morgan fingerprint density at radius 2 is 1.71 bits per heavy atom. The second-order valence-electron chi connectivity index (χ2n) is 7.57. The van der Waals surface area contributed by atoms with E-state index in [1.807, 2.05) is 90.1 Å². The monoisotopic (exact) mass is 469 g/mol. The highest BCUT2D eigenvalue weighted by Crippen LogP contribution is 2.22. The van der Waals surface area contributed by atoms with Crippen LogP contribution in [0.5, 0.6) is 0 Å². The van der Waals surface area contributed by atoms with E-state index in [4.69, 9.17) is 0 Å². The minimum Gasteiger partial charge on any atom is -0.348 e. The van der Waals surface area contributed by atoms with Gasteiger partial charge in [-0.25, -0.2) is 4.98 Å². The van der Waals surface area contributed by atoms with Crippen molar-refractivity contribution in [1.82, 2.24) is 14.1 Å². The Morgan fingerprint density at radius 1 is 0.903 bits per heavy atom. The summed E-state index contributed by atoms with van der Waals surface area (Å²) in [7, 11) is 0. The van der Waals surface area contributed by atoms with Crippen LogP contribution in [0.3, 0.4) is 0 Å². The Kier molecular flexibility index (Phi) is 5.26. The average molecular weight is 470 g/mol. The van der Waals surface area contributed by atoms with Crippen molar-refractivity contribution in [3.05, 3.63) is 125 Å². The zero-order valence-electron chi connectivity index (χ0n) is 16.8. The number of carbonyl (C=O) groups excluding carboxylic acids is 1. The van der Waals surface area contributed by atoms with Crippen LogP contribution in [-0.2, 0) is 13.1 Å². The smallest absolute Gasteiger partial charge is 0.195 e. The molecule has 2 aromatic heterocycles. The number of hydrogen-bond donors (Lipinski definition) is 0. The van der Waals surface area contributed by atoms with Crippen molar-refractivity contribution >= 4 is 32.5 Å². The molecule has 4 nitrogen and oxygen atoms in total. The number of fused-ring (bicyclic) bond motifs is 1. The van der Waals surface area contributed by atoms with E-state index in [0.29, 0.717) is 12.1 Å². The van der Waals surface area contributed by atoms with E-state index in [9.17, 15) is 4.79 Å². The number of hydrogen-bond acceptors (Lipinski definition) is 2. The molecular formula is C26H20BrN3O. The summed E-state index contributed by atoms with van der Waals surface area (Å²) < 4.78 is 5.24. The van der Waals surface area contributed by atoms with Crippen LogP contribution in [0.2, 0.25) is 0 Å². The normalized spacial score (nSPS) is 11.1. The zero-order valence-corrected chi connectivity index (χ0v) is 18.4. The summed E-state index contributed by atoms with van der Waals surface area (Å²) in [4.78, 5) is 17.5. The highest BCUT2D eigenvalue weighted by molar-refractivity contribution is 9.10. The maximum absolute atomic E-state index is 13.2. The third-order valence-corrected chi connectivity index (χ3v) is 5.98. The largest absolute Gasteiger partial charge is 0.348 e. The molecule has 0 spiro atoms. The summed E-state index contributed by atoms with van der Waals surface area (Å²) in [6, 6.07) is 24.0. The van der Waals surface area contributed by atoms with Crippen LogP contribution in [-0.4, -0.2) is 19.9 Å². The Morgan fingerprint density at radius 3 is 2.58 bits per heavy atom. The maximum Gasteiger partial charge on any atom is 0.195 e. The molecule has 31 heavy (non-hydrogen) atoms. The number of aromatic nitrogens is 3. The van der Waals surface area contributed by atoms with Crippen LogP contribution in [0.4, 0.5) is 0 Å². The molecule has 0 saturated heterocycles. The molecule has 5 rings (SSSR count). The van der Waals surface area contributed by atoms with E-state index in [1.165, 1.54) is 5.56 Å². The predicted molar refractivity (Wildman–Crippen MR) is 126 cm³/mol. The van der Waals surface area contributed by atoms with Crippen molar-refractivity contribution in [1.29, 1.82) is 0 Å². The summed E-state index contributed by atoms with van der Waals surface area (Å²) in [6.07, 6.45) is 7.60. The molecule has 0 radical (unpaired) electrons. The molecule has 0 fully saturated rings. The number of imidazole rings is 1. The summed E-state index contributed by atoms with van der Waals surface area (Å²) >= 11 is 3.48. The molecule has 5 aromatic rings. The Balaban J connectivity index is 1.36. The predicted octanol–water partition coefficient (Wildman–Crippen LogP) is 5.93. The summed E-state index contributed by atoms with van der Waals surface area (Å²) in [5.41, 5.74) is 3.72. The number of rotatable bonds is 6. The van der Waals surface area contributed by atoms with Crippen LogP contribution >= 0.6 is 15.9 Å². The minimum absolute atomic E-state index is 0.0407. The molecule has 3 aromatic carbocycles. The van der Waals surface area contributed by atoms with Gasteiger partial charge in [-0.1, -0.05) is 70.5 Å². The molecule has 2 heterocycles. The zero-order chi connectivity index (χ0) is 21.2. The van der Waals surface area contributed by atoms with Crippen LogP contribution in [0.15, 0.2) is 102 Å². The first kappa shape index (κ1) is 19.5. The standard InChI is InChI=1S/C26H20BrN3O/c27-22-10-8-19(9-11-22)15-30-18-28-14-23(30)17-29-13-12-21(16-29)26(31)25-7-3-5-20-4-1-2-6-24(20)25/h1-14,16,18H,15,17H2. The third kappa shape index (κ3) is 4.09. The lowest BCUT2D eigenvalue weighted by molar-refractivity contribution is 0.104. The summed E-state index contributed by atoms with van der Waals surface area (Å²) in [5.74, 6) is 0.0407. The van der Waals surface area contributed by atoms with Crippen molar-refractivity contribution in [2.24, 2.45) is 0 Å². The number of ketones is 1. The quantitative estimate of drug-likeness (QED) is 0.289. The van der Waals surface area contributed by atoms with Crippen LogP contribution in [0, 0.1) is 0 Å². The molecule has 0 saturated carbocycles. The SMILES string of the molecule is O=C(c1ccn(Cc2cncn2Cc2ccc(Br)cc2)c1)c1cccc2ccccc12. The Labute approximate surface area is 188 Å². The van der Waals surface area contributed by atoms with E-state index in [1.54, 1.807) is 0 Å². The summed E-state index contributed by atoms with van der Waals surface area (Å²) in [6.45, 7) is 1.41. The second kappa shape index (κ2) is 8.36. The van der Waals surface area contributed by atoms with E-state index >= 15 is 0 Å². The lowest BCUT2D eigenvalue weighted by Crippen LogP contribution is -2.07. The molecule has 0 aliphatic heterocycles. The Hall–Kier alpha value is -3.44. The first-order valence-corrected chi connectivity index (χ1v) is 10.9. The van der Waals surface area contributed by atoms with Gasteiger partial charge in [-0.3, -0.25) is 4.79 Å². The van der Waals surface area contributed by atoms with Gasteiger partial charge >= 0.3 is 0 Å². The van der Waals surface area contributed by atoms with Gasteiger partial charge in [0.1, 0.15) is 0 Å². The van der Waals surface area contributed by atoms with Gasteiger partial charge in [0.2, 0.25) is 0 Å². The second-order valence-corrected chi connectivity index (χ2v) is 8.48. The molecule has 0 unspecified atom stereocenters. The number of halogens is 1. The van der Waals surface area contributed by atoms with Gasteiger partial charge in [0.25, 0.3) is 0 Å².